The number of hydrogen-bond acceptors (Lipinski definition) is 8. The molecule has 2 aromatic heterocycles. The van der Waals surface area contributed by atoms with Crippen molar-refractivity contribution in [1.82, 2.24) is 29.7 Å². The molecule has 4 aliphatic rings. The maximum Gasteiger partial charge on any atom is 0.410 e. The molecule has 0 spiro atoms. The van der Waals surface area contributed by atoms with Gasteiger partial charge in [-0.15, -0.1) is 0 Å². The van der Waals surface area contributed by atoms with Crippen LogP contribution in [0.25, 0.3) is 5.65 Å². The molecule has 0 aliphatic carbocycles. The Labute approximate surface area is 233 Å². The van der Waals surface area contributed by atoms with E-state index in [-0.39, 0.29) is 49.3 Å². The number of ether oxygens (including phenoxy) is 2. The number of carbonyl (C=O) groups excluding carboxylic acids is 2. The molecule has 11 nitrogen and oxygen atoms in total. The maximum atomic E-state index is 13.1. The summed E-state index contributed by atoms with van der Waals surface area (Å²) < 4.78 is 26.9. The van der Waals surface area contributed by atoms with E-state index in [0.717, 1.165) is 68.6 Å². The number of likely N-dealkylation sites (tertiary alicyclic amines) is 1. The second-order valence-corrected chi connectivity index (χ2v) is 11.8. The molecular weight excluding hydrogens is 517 g/mol. The molecular formula is C28H38FN7O4. The Morgan fingerprint density at radius 3 is 2.58 bits per heavy atom. The van der Waals surface area contributed by atoms with Crippen molar-refractivity contribution in [2.24, 2.45) is 0 Å². The highest BCUT2D eigenvalue weighted by Crippen LogP contribution is 2.38. The van der Waals surface area contributed by atoms with Crippen molar-refractivity contribution in [1.29, 1.82) is 0 Å². The number of aromatic nitrogens is 3. The van der Waals surface area contributed by atoms with Crippen molar-refractivity contribution < 1.29 is 23.5 Å². The first-order valence-electron chi connectivity index (χ1n) is 14.4. The van der Waals surface area contributed by atoms with Gasteiger partial charge in [-0.05, 0) is 51.0 Å². The molecule has 0 radical (unpaired) electrons. The van der Waals surface area contributed by atoms with Gasteiger partial charge in [0.2, 0.25) is 5.88 Å². The van der Waals surface area contributed by atoms with Crippen molar-refractivity contribution in [3.63, 3.8) is 0 Å². The van der Waals surface area contributed by atoms with Gasteiger partial charge < -0.3 is 29.9 Å². The third kappa shape index (κ3) is 5.21. The Morgan fingerprint density at radius 1 is 1.18 bits per heavy atom. The molecule has 2 aromatic rings. The molecule has 4 fully saturated rings. The average Bonchev–Trinajstić information content (AvgIpc) is 3.45. The van der Waals surface area contributed by atoms with Crippen molar-refractivity contribution in [2.75, 3.05) is 31.5 Å². The van der Waals surface area contributed by atoms with Gasteiger partial charge >= 0.3 is 6.09 Å². The minimum Gasteiger partial charge on any atom is -0.473 e. The van der Waals surface area contributed by atoms with Crippen LogP contribution in [0, 0.1) is 0 Å². The van der Waals surface area contributed by atoms with Crippen LogP contribution in [0.3, 0.4) is 0 Å². The number of piperidine rings is 2. The van der Waals surface area contributed by atoms with E-state index >= 15 is 0 Å². The second-order valence-electron chi connectivity index (χ2n) is 11.8. The molecule has 0 aromatic carbocycles. The molecule has 4 aliphatic heterocycles. The largest absolute Gasteiger partial charge is 0.473 e. The van der Waals surface area contributed by atoms with Crippen molar-refractivity contribution in [2.45, 2.75) is 88.6 Å². The quantitative estimate of drug-likeness (QED) is 0.501. The van der Waals surface area contributed by atoms with Gasteiger partial charge in [0, 0.05) is 36.3 Å². The second kappa shape index (κ2) is 10.9. The number of carbonyl (C=O) groups is 2. The number of anilines is 1. The zero-order chi connectivity index (χ0) is 28.0. The zero-order valence-corrected chi connectivity index (χ0v) is 23.1. The van der Waals surface area contributed by atoms with Gasteiger partial charge in [0.1, 0.15) is 18.0 Å². The fraction of sp³-hybridized carbons (Fsp3) is 0.643. The highest BCUT2D eigenvalue weighted by atomic mass is 19.1. The summed E-state index contributed by atoms with van der Waals surface area (Å²) in [5.74, 6) is -0.0364. The predicted octanol–water partition coefficient (Wildman–Crippen LogP) is 3.22. The van der Waals surface area contributed by atoms with Gasteiger partial charge in [0.25, 0.3) is 5.91 Å². The van der Waals surface area contributed by atoms with Crippen LogP contribution < -0.4 is 15.4 Å². The normalized spacial score (nSPS) is 26.6. The first kappa shape index (κ1) is 26.8. The molecule has 2 amide bonds. The molecule has 3 atom stereocenters. The van der Waals surface area contributed by atoms with Gasteiger partial charge in [0.05, 0.1) is 19.3 Å². The molecule has 2 bridgehead atoms. The van der Waals surface area contributed by atoms with Gasteiger partial charge in [-0.25, -0.2) is 9.18 Å². The van der Waals surface area contributed by atoms with E-state index in [4.69, 9.17) is 14.5 Å². The standard InChI is InChI=1S/C28H38FN7O4/c1-16(2)23-13-31-36-24(11-25(33-26(23)36)39-21-5-4-8-30-12-21)32-18-9-19-6-7-20(10-18)35(19)28(38)40-22-14-34(15-22)27(37)17(3)29/h11,13,16,18-22,30,32H,3-10,12,14-15H2,1-2H3/t18?,19?,20?,21-/m1/s1. The first-order valence-corrected chi connectivity index (χ1v) is 14.4. The van der Waals surface area contributed by atoms with Gasteiger partial charge in [-0.1, -0.05) is 20.4 Å². The van der Waals surface area contributed by atoms with E-state index < -0.39 is 17.8 Å². The van der Waals surface area contributed by atoms with Gasteiger partial charge in [-0.2, -0.15) is 14.6 Å². The molecule has 2 N–H and O–H groups in total. The Hall–Kier alpha value is -3.41. The highest BCUT2D eigenvalue weighted by molar-refractivity contribution is 5.91. The lowest BCUT2D eigenvalue weighted by atomic mass is 9.97. The summed E-state index contributed by atoms with van der Waals surface area (Å²) in [4.78, 5) is 32.7. The van der Waals surface area contributed by atoms with Crippen molar-refractivity contribution in [3.8, 4) is 5.88 Å². The summed E-state index contributed by atoms with van der Waals surface area (Å²) in [6.07, 6.45) is 6.69. The average molecular weight is 556 g/mol. The van der Waals surface area contributed by atoms with E-state index in [1.54, 1.807) is 0 Å². The highest BCUT2D eigenvalue weighted by Gasteiger charge is 2.46. The van der Waals surface area contributed by atoms with E-state index in [2.05, 4.69) is 36.2 Å². The number of hydrogen-bond donors (Lipinski definition) is 2. The fourth-order valence-corrected chi connectivity index (χ4v) is 6.47. The third-order valence-electron chi connectivity index (χ3n) is 8.57. The lowest BCUT2D eigenvalue weighted by molar-refractivity contribution is -0.139. The Balaban J connectivity index is 1.13. The molecule has 0 saturated carbocycles. The predicted molar refractivity (Wildman–Crippen MR) is 146 cm³/mol. The number of halogens is 1. The maximum absolute atomic E-state index is 13.1. The number of amides is 2. The minimum absolute atomic E-state index is 0.0670. The zero-order valence-electron chi connectivity index (χ0n) is 23.1. The van der Waals surface area contributed by atoms with E-state index in [1.165, 1.54) is 4.90 Å². The van der Waals surface area contributed by atoms with Gasteiger partial charge in [0.15, 0.2) is 11.5 Å². The lowest BCUT2D eigenvalue weighted by Gasteiger charge is -2.42. The molecule has 40 heavy (non-hydrogen) atoms. The Morgan fingerprint density at radius 2 is 1.93 bits per heavy atom. The molecule has 6 heterocycles. The number of nitrogens with zero attached hydrogens (tertiary/aromatic N) is 5. The lowest BCUT2D eigenvalue weighted by Crippen LogP contribution is -2.58. The Kier molecular flexibility index (Phi) is 7.28. The first-order chi connectivity index (χ1) is 19.3. The summed E-state index contributed by atoms with van der Waals surface area (Å²) >= 11 is 0. The van der Waals surface area contributed by atoms with E-state index in [0.29, 0.717) is 5.88 Å². The molecule has 216 valence electrons. The van der Waals surface area contributed by atoms with Crippen LogP contribution >= 0.6 is 0 Å². The molecule has 4 saturated heterocycles. The Bertz CT molecular complexity index is 1270. The number of rotatable bonds is 7. The van der Waals surface area contributed by atoms with Crippen molar-refractivity contribution >= 4 is 23.5 Å². The SMILES string of the molecule is C=C(F)C(=O)N1CC(OC(=O)N2C3CCC2CC(Nc2cc(O[C@@H]4CCCNC4)nc4c(C(C)C)cnn24)C3)C1. The fourth-order valence-electron chi connectivity index (χ4n) is 6.47. The summed E-state index contributed by atoms with van der Waals surface area (Å²) in [6.45, 7) is 9.53. The topological polar surface area (TPSA) is 113 Å². The number of fused-ring (bicyclic) bond motifs is 3. The third-order valence-corrected chi connectivity index (χ3v) is 8.57. The van der Waals surface area contributed by atoms with Crippen LogP contribution in [0.2, 0.25) is 0 Å². The van der Waals surface area contributed by atoms with Crippen LogP contribution in [0.4, 0.5) is 15.0 Å². The summed E-state index contributed by atoms with van der Waals surface area (Å²) in [5, 5.41) is 11.7. The van der Waals surface area contributed by atoms with Crippen LogP contribution in [0.15, 0.2) is 24.7 Å². The minimum atomic E-state index is -0.996. The molecule has 6 rings (SSSR count). The summed E-state index contributed by atoms with van der Waals surface area (Å²) in [7, 11) is 0. The molecule has 2 unspecified atom stereocenters. The van der Waals surface area contributed by atoms with Crippen LogP contribution in [0.5, 0.6) is 5.88 Å². The summed E-state index contributed by atoms with van der Waals surface area (Å²) in [5.41, 5.74) is 1.87. The van der Waals surface area contributed by atoms with Crippen LogP contribution in [-0.2, 0) is 9.53 Å². The van der Waals surface area contributed by atoms with Crippen molar-refractivity contribution in [3.05, 3.63) is 30.2 Å². The van der Waals surface area contributed by atoms with Crippen LogP contribution in [-0.4, -0.2) is 92.9 Å². The smallest absolute Gasteiger partial charge is 0.410 e. The monoisotopic (exact) mass is 555 g/mol. The molecule has 12 heteroatoms. The van der Waals surface area contributed by atoms with E-state index in [9.17, 15) is 14.0 Å². The van der Waals surface area contributed by atoms with E-state index in [1.807, 2.05) is 21.7 Å². The van der Waals surface area contributed by atoms with Crippen LogP contribution in [0.1, 0.15) is 63.9 Å². The van der Waals surface area contributed by atoms with Gasteiger partial charge in [-0.3, -0.25) is 4.79 Å². The number of nitrogens with one attached hydrogen (secondary N) is 2. The summed E-state index contributed by atoms with van der Waals surface area (Å²) in [6, 6.07) is 2.22.